The van der Waals surface area contributed by atoms with Crippen molar-refractivity contribution in [2.24, 2.45) is 23.8 Å². The van der Waals surface area contributed by atoms with Gasteiger partial charge in [-0.25, -0.2) is 4.57 Å². The van der Waals surface area contributed by atoms with Gasteiger partial charge in [0.25, 0.3) is 0 Å². The molecule has 0 saturated carbocycles. The molecule has 33 heavy (non-hydrogen) atoms. The summed E-state index contributed by atoms with van der Waals surface area (Å²) in [5.74, 6) is -1.07. The molecule has 0 radical (unpaired) electrons. The average molecular weight is 460 g/mol. The van der Waals surface area contributed by atoms with Gasteiger partial charge in [-0.05, 0) is 58.4 Å². The lowest BCUT2D eigenvalue weighted by Gasteiger charge is -2.26. The highest BCUT2D eigenvalue weighted by Crippen LogP contribution is 2.33. The second-order valence-corrected chi connectivity index (χ2v) is 10.1. The zero-order chi connectivity index (χ0) is 25.2. The van der Waals surface area contributed by atoms with Gasteiger partial charge in [0, 0.05) is 18.6 Å². The standard InChI is InChI=1S/C26H39N2O5/c1-19(22-9-12-28(7)13-10-22)16-25(4,5)24(31)33-15-14-32-23(30)20(2)17-26(6,18-27)11-8-21(3)29/h9-10,12-13,19-20H,8,11,14-17H2,1-7H3/q+1. The van der Waals surface area contributed by atoms with E-state index in [1.165, 1.54) is 6.92 Å². The number of aryl methyl sites for hydroxylation is 1. The second-order valence-electron chi connectivity index (χ2n) is 10.1. The maximum atomic E-state index is 12.6. The van der Waals surface area contributed by atoms with Crippen molar-refractivity contribution in [3.63, 3.8) is 0 Å². The molecular weight excluding hydrogens is 420 g/mol. The fourth-order valence-corrected chi connectivity index (χ4v) is 3.84. The number of hydrogen-bond donors (Lipinski definition) is 0. The summed E-state index contributed by atoms with van der Waals surface area (Å²) in [6, 6.07) is 6.31. The fraction of sp³-hybridized carbons (Fsp3) is 0.654. The zero-order valence-electron chi connectivity index (χ0n) is 21.1. The van der Waals surface area contributed by atoms with Gasteiger partial charge in [0.15, 0.2) is 12.4 Å². The fourth-order valence-electron chi connectivity index (χ4n) is 3.84. The van der Waals surface area contributed by atoms with E-state index < -0.39 is 22.7 Å². The molecule has 7 heteroatoms. The first kappa shape index (κ1) is 28.3. The molecule has 0 saturated heterocycles. The molecule has 1 rings (SSSR count). The lowest BCUT2D eigenvalue weighted by Crippen LogP contribution is -2.30. The maximum absolute atomic E-state index is 12.6. The Morgan fingerprint density at radius 2 is 1.64 bits per heavy atom. The number of nitrogens with zero attached hydrogens (tertiary/aromatic N) is 2. The minimum absolute atomic E-state index is 0.0173. The van der Waals surface area contributed by atoms with Gasteiger partial charge in [-0.15, -0.1) is 0 Å². The van der Waals surface area contributed by atoms with Crippen molar-refractivity contribution in [3.05, 3.63) is 30.1 Å². The Labute approximate surface area is 198 Å². The van der Waals surface area contributed by atoms with Gasteiger partial charge in [-0.2, -0.15) is 5.26 Å². The van der Waals surface area contributed by atoms with E-state index in [4.69, 9.17) is 9.47 Å². The lowest BCUT2D eigenvalue weighted by molar-refractivity contribution is -0.671. The smallest absolute Gasteiger partial charge is 0.311 e. The van der Waals surface area contributed by atoms with E-state index in [1.807, 2.05) is 50.0 Å². The summed E-state index contributed by atoms with van der Waals surface area (Å²) in [6.45, 7) is 10.7. The Bertz CT molecular complexity index is 856. The number of pyridine rings is 1. The number of carbonyl (C=O) groups excluding carboxylic acids is 3. The van der Waals surface area contributed by atoms with Gasteiger partial charge in [0.1, 0.15) is 26.0 Å². The van der Waals surface area contributed by atoms with E-state index in [2.05, 4.69) is 13.0 Å². The van der Waals surface area contributed by atoms with Crippen LogP contribution < -0.4 is 4.57 Å². The van der Waals surface area contributed by atoms with Crippen LogP contribution in [-0.4, -0.2) is 30.9 Å². The van der Waals surface area contributed by atoms with Crippen LogP contribution in [0.25, 0.3) is 0 Å². The Morgan fingerprint density at radius 1 is 1.06 bits per heavy atom. The average Bonchev–Trinajstić information content (AvgIpc) is 2.75. The molecule has 0 amide bonds. The van der Waals surface area contributed by atoms with Crippen LogP contribution in [0.15, 0.2) is 24.5 Å². The Hall–Kier alpha value is -2.75. The summed E-state index contributed by atoms with van der Waals surface area (Å²) in [7, 11) is 1.96. The molecule has 0 aliphatic heterocycles. The van der Waals surface area contributed by atoms with Crippen LogP contribution in [0.5, 0.6) is 0 Å². The highest BCUT2D eigenvalue weighted by molar-refractivity contribution is 5.76. The van der Waals surface area contributed by atoms with Crippen molar-refractivity contribution in [1.29, 1.82) is 5.26 Å². The van der Waals surface area contributed by atoms with Gasteiger partial charge >= 0.3 is 11.9 Å². The molecule has 0 aliphatic carbocycles. The van der Waals surface area contributed by atoms with Crippen LogP contribution in [0, 0.1) is 28.1 Å². The molecule has 1 aromatic heterocycles. The van der Waals surface area contributed by atoms with E-state index in [9.17, 15) is 19.6 Å². The second kappa shape index (κ2) is 12.5. The predicted molar refractivity (Wildman–Crippen MR) is 124 cm³/mol. The predicted octanol–water partition coefficient (Wildman–Crippen LogP) is 4.04. The molecule has 3 atom stereocenters. The lowest BCUT2D eigenvalue weighted by atomic mass is 9.79. The number of esters is 2. The van der Waals surface area contributed by atoms with Crippen LogP contribution in [0.2, 0.25) is 0 Å². The summed E-state index contributed by atoms with van der Waals surface area (Å²) in [6.07, 6.45) is 5.60. The van der Waals surface area contributed by atoms with Crippen LogP contribution >= 0.6 is 0 Å². The van der Waals surface area contributed by atoms with Crippen LogP contribution in [0.1, 0.15) is 78.7 Å². The number of aromatic nitrogens is 1. The Kier molecular flexibility index (Phi) is 10.7. The molecule has 3 unspecified atom stereocenters. The first-order chi connectivity index (χ1) is 15.3. The number of ether oxygens (including phenoxy) is 2. The Balaban J connectivity index is 2.46. The first-order valence-electron chi connectivity index (χ1n) is 11.5. The van der Waals surface area contributed by atoms with E-state index in [-0.39, 0.29) is 30.9 Å². The van der Waals surface area contributed by atoms with E-state index in [1.54, 1.807) is 13.8 Å². The van der Waals surface area contributed by atoms with E-state index in [0.29, 0.717) is 25.7 Å². The normalized spacial score (nSPS) is 15.0. The summed E-state index contributed by atoms with van der Waals surface area (Å²) < 4.78 is 12.6. The number of hydrogen-bond acceptors (Lipinski definition) is 6. The summed E-state index contributed by atoms with van der Waals surface area (Å²) in [4.78, 5) is 36.1. The molecule has 0 N–H and O–H groups in total. The molecule has 0 spiro atoms. The number of carbonyl (C=O) groups is 3. The molecule has 1 heterocycles. The number of nitriles is 1. The summed E-state index contributed by atoms with van der Waals surface area (Å²) >= 11 is 0. The molecule has 0 bridgehead atoms. The van der Waals surface area contributed by atoms with Crippen molar-refractivity contribution in [3.8, 4) is 6.07 Å². The number of Topliss-reactive ketones (excluding diaryl/α,β-unsaturated/α-hetero) is 1. The third kappa shape index (κ3) is 9.73. The SMILES string of the molecule is CC(=O)CCC(C)(C#N)CC(C)C(=O)OCCOC(=O)C(C)(C)CC(C)c1cc[n+](C)cc1. The van der Waals surface area contributed by atoms with Crippen molar-refractivity contribution >= 4 is 17.7 Å². The van der Waals surface area contributed by atoms with E-state index in [0.717, 1.165) is 5.56 Å². The van der Waals surface area contributed by atoms with Crippen LogP contribution in [0.3, 0.4) is 0 Å². The van der Waals surface area contributed by atoms with Gasteiger partial charge in [0.05, 0.1) is 22.8 Å². The van der Waals surface area contributed by atoms with Gasteiger partial charge in [-0.3, -0.25) is 9.59 Å². The van der Waals surface area contributed by atoms with Crippen molar-refractivity contribution < 1.29 is 28.4 Å². The quantitative estimate of drug-likeness (QED) is 0.251. The minimum atomic E-state index is -0.770. The van der Waals surface area contributed by atoms with E-state index >= 15 is 0 Å². The zero-order valence-corrected chi connectivity index (χ0v) is 21.1. The van der Waals surface area contributed by atoms with Gasteiger partial charge in [-0.1, -0.05) is 13.8 Å². The molecule has 0 fully saturated rings. The summed E-state index contributed by atoms with van der Waals surface area (Å²) in [5, 5.41) is 9.46. The topological polar surface area (TPSA) is 97.3 Å². The maximum Gasteiger partial charge on any atom is 0.311 e. The Morgan fingerprint density at radius 3 is 2.18 bits per heavy atom. The molecule has 1 aromatic rings. The van der Waals surface area contributed by atoms with Gasteiger partial charge < -0.3 is 14.3 Å². The minimum Gasteiger partial charge on any atom is -0.462 e. The number of rotatable bonds is 13. The third-order valence-electron chi connectivity index (χ3n) is 5.96. The molecule has 0 aliphatic rings. The number of ketones is 1. The molecular formula is C26H39N2O5+. The molecule has 182 valence electrons. The van der Waals surface area contributed by atoms with Crippen LogP contribution in [0.4, 0.5) is 0 Å². The molecule has 7 nitrogen and oxygen atoms in total. The van der Waals surface area contributed by atoms with Crippen LogP contribution in [-0.2, 0) is 30.9 Å². The highest BCUT2D eigenvalue weighted by Gasteiger charge is 2.32. The third-order valence-corrected chi connectivity index (χ3v) is 5.96. The first-order valence-corrected chi connectivity index (χ1v) is 11.5. The molecule has 0 aromatic carbocycles. The van der Waals surface area contributed by atoms with Gasteiger partial charge in [0.2, 0.25) is 0 Å². The summed E-state index contributed by atoms with van der Waals surface area (Å²) in [5.41, 5.74) is -0.294. The largest absolute Gasteiger partial charge is 0.462 e. The van der Waals surface area contributed by atoms with Crippen molar-refractivity contribution in [1.82, 2.24) is 0 Å². The van der Waals surface area contributed by atoms with Crippen molar-refractivity contribution in [2.75, 3.05) is 13.2 Å². The van der Waals surface area contributed by atoms with Crippen molar-refractivity contribution in [2.45, 2.75) is 73.1 Å². The monoisotopic (exact) mass is 459 g/mol. The highest BCUT2D eigenvalue weighted by atomic mass is 16.6.